The lowest BCUT2D eigenvalue weighted by atomic mass is 10.1. The number of hydrogen-bond donors (Lipinski definition) is 3. The molecule has 0 unspecified atom stereocenters. The van der Waals surface area contributed by atoms with Crippen LogP contribution in [0.4, 0.5) is 24.7 Å². The number of benzene rings is 1. The molecule has 10 heteroatoms. The van der Waals surface area contributed by atoms with Gasteiger partial charge < -0.3 is 15.7 Å². The highest BCUT2D eigenvalue weighted by molar-refractivity contribution is 5.94. The van der Waals surface area contributed by atoms with Crippen LogP contribution in [0.15, 0.2) is 41.3 Å². The maximum absolute atomic E-state index is 13.6. The second-order valence-electron chi connectivity index (χ2n) is 8.77. The van der Waals surface area contributed by atoms with Gasteiger partial charge in [0.2, 0.25) is 0 Å². The fraction of sp³-hybridized carbons (Fsp3) is 0.375. The summed E-state index contributed by atoms with van der Waals surface area (Å²) in [5.41, 5.74) is 1.59. The number of halogens is 3. The van der Waals surface area contributed by atoms with Gasteiger partial charge >= 0.3 is 12.1 Å². The first-order valence-electron chi connectivity index (χ1n) is 10.9. The van der Waals surface area contributed by atoms with E-state index in [1.807, 2.05) is 0 Å². The molecule has 1 fully saturated rings. The minimum absolute atomic E-state index is 0.0760. The molecule has 1 aromatic carbocycles. The van der Waals surface area contributed by atoms with E-state index in [0.29, 0.717) is 24.1 Å². The maximum Gasteiger partial charge on any atom is 0.408 e. The van der Waals surface area contributed by atoms with Crippen molar-refractivity contribution in [3.8, 4) is 0 Å². The molecule has 3 N–H and O–H groups in total. The SMILES string of the molecule is Cc1cc([C@@H](C)Nc2ccccc2C(=O)O)c2nc(N[C@H](C3CC3)C(F)(F)F)c(C)c(=O)n2c1. The predicted octanol–water partition coefficient (Wildman–Crippen LogP) is 4.94. The molecule has 2 aromatic heterocycles. The monoisotopic (exact) mass is 474 g/mol. The number of nitrogens with zero attached hydrogens (tertiary/aromatic N) is 2. The first-order chi connectivity index (χ1) is 16.0. The lowest BCUT2D eigenvalue weighted by Gasteiger charge is -2.24. The second kappa shape index (κ2) is 8.66. The van der Waals surface area contributed by atoms with Crippen LogP contribution < -0.4 is 16.2 Å². The zero-order valence-corrected chi connectivity index (χ0v) is 18.9. The molecule has 0 saturated heterocycles. The summed E-state index contributed by atoms with van der Waals surface area (Å²) in [6.07, 6.45) is -1.94. The standard InChI is InChI=1S/C24H25F3N4O3/c1-12-10-17(14(3)28-18-7-5-4-6-16(18)23(33)34)21-30-20(13(2)22(32)31(21)11-12)29-19(15-8-9-15)24(25,26)27/h4-7,10-11,14-15,19,28-29H,8-9H2,1-3H3,(H,33,34)/t14-,19-/m1/s1. The normalized spacial score (nSPS) is 15.7. The van der Waals surface area contributed by atoms with E-state index in [-0.39, 0.29) is 22.6 Å². The Morgan fingerprint density at radius 1 is 1.21 bits per heavy atom. The number of rotatable bonds is 7. The number of aromatic carboxylic acids is 1. The summed E-state index contributed by atoms with van der Waals surface area (Å²) < 4.78 is 42.2. The summed E-state index contributed by atoms with van der Waals surface area (Å²) in [4.78, 5) is 29.1. The van der Waals surface area contributed by atoms with Crippen LogP contribution in [-0.2, 0) is 0 Å². The van der Waals surface area contributed by atoms with E-state index >= 15 is 0 Å². The molecule has 0 bridgehead atoms. The molecule has 3 aromatic rings. The molecule has 34 heavy (non-hydrogen) atoms. The quantitative estimate of drug-likeness (QED) is 0.449. The van der Waals surface area contributed by atoms with Crippen molar-refractivity contribution in [2.75, 3.05) is 10.6 Å². The summed E-state index contributed by atoms with van der Waals surface area (Å²) >= 11 is 0. The van der Waals surface area contributed by atoms with Crippen LogP contribution in [-0.4, -0.2) is 32.7 Å². The molecule has 1 aliphatic rings. The highest BCUT2D eigenvalue weighted by Gasteiger charge is 2.49. The number of carboxylic acids is 1. The van der Waals surface area contributed by atoms with Crippen molar-refractivity contribution in [2.24, 2.45) is 5.92 Å². The van der Waals surface area contributed by atoms with E-state index < -0.39 is 35.7 Å². The summed E-state index contributed by atoms with van der Waals surface area (Å²) in [6.45, 7) is 5.02. The third-order valence-electron chi connectivity index (χ3n) is 6.05. The molecular weight excluding hydrogens is 449 g/mol. The molecule has 0 radical (unpaired) electrons. The zero-order valence-electron chi connectivity index (χ0n) is 18.9. The number of pyridine rings is 1. The van der Waals surface area contributed by atoms with Gasteiger partial charge in [-0.05, 0) is 63.3 Å². The average molecular weight is 474 g/mol. The molecule has 2 atom stereocenters. The predicted molar refractivity (Wildman–Crippen MR) is 123 cm³/mol. The maximum atomic E-state index is 13.6. The van der Waals surface area contributed by atoms with Gasteiger partial charge in [-0.25, -0.2) is 9.78 Å². The Bertz CT molecular complexity index is 1320. The number of carbonyl (C=O) groups is 1. The lowest BCUT2D eigenvalue weighted by Crippen LogP contribution is -2.39. The minimum Gasteiger partial charge on any atom is -0.478 e. The number of carboxylic acid groups (broad SMARTS) is 1. The van der Waals surface area contributed by atoms with Gasteiger partial charge in [0.25, 0.3) is 5.56 Å². The van der Waals surface area contributed by atoms with Crippen molar-refractivity contribution in [3.63, 3.8) is 0 Å². The van der Waals surface area contributed by atoms with Crippen molar-refractivity contribution in [2.45, 2.75) is 51.9 Å². The Labute approximate surface area is 193 Å². The van der Waals surface area contributed by atoms with Crippen LogP contribution in [0.5, 0.6) is 0 Å². The highest BCUT2D eigenvalue weighted by Crippen LogP contribution is 2.41. The molecule has 0 amide bonds. The molecule has 4 rings (SSSR count). The first kappa shape index (κ1) is 23.6. The third kappa shape index (κ3) is 4.57. The molecule has 180 valence electrons. The van der Waals surface area contributed by atoms with Crippen LogP contribution in [0.1, 0.15) is 52.9 Å². The molecule has 7 nitrogen and oxygen atoms in total. The Morgan fingerprint density at radius 2 is 1.88 bits per heavy atom. The number of nitrogens with one attached hydrogen (secondary N) is 2. The number of aromatic nitrogens is 2. The van der Waals surface area contributed by atoms with Gasteiger partial charge in [0, 0.05) is 17.4 Å². The number of para-hydroxylation sites is 1. The van der Waals surface area contributed by atoms with Crippen molar-refractivity contribution in [3.05, 3.63) is 69.1 Å². The Morgan fingerprint density at radius 3 is 2.50 bits per heavy atom. The molecule has 0 aliphatic heterocycles. The zero-order chi connectivity index (χ0) is 24.8. The third-order valence-corrected chi connectivity index (χ3v) is 6.05. The Balaban J connectivity index is 1.80. The summed E-state index contributed by atoms with van der Waals surface area (Å²) in [5, 5.41) is 15.1. The van der Waals surface area contributed by atoms with Crippen molar-refractivity contribution < 1.29 is 23.1 Å². The fourth-order valence-corrected chi connectivity index (χ4v) is 4.11. The van der Waals surface area contributed by atoms with Gasteiger partial charge in [0.15, 0.2) is 0 Å². The number of aryl methyl sites for hydroxylation is 1. The Kier molecular flexibility index (Phi) is 6.01. The topological polar surface area (TPSA) is 95.7 Å². The van der Waals surface area contributed by atoms with E-state index in [4.69, 9.17) is 0 Å². The van der Waals surface area contributed by atoms with Gasteiger partial charge in [0.05, 0.1) is 17.2 Å². The van der Waals surface area contributed by atoms with E-state index in [2.05, 4.69) is 15.6 Å². The number of hydrogen-bond acceptors (Lipinski definition) is 5. The van der Waals surface area contributed by atoms with Gasteiger partial charge in [-0.15, -0.1) is 0 Å². The average Bonchev–Trinajstić information content (AvgIpc) is 3.59. The molecule has 0 spiro atoms. The number of fused-ring (bicyclic) bond motifs is 1. The fourth-order valence-electron chi connectivity index (χ4n) is 4.11. The number of alkyl halides is 3. The van der Waals surface area contributed by atoms with Gasteiger partial charge in [-0.3, -0.25) is 9.20 Å². The lowest BCUT2D eigenvalue weighted by molar-refractivity contribution is -0.146. The van der Waals surface area contributed by atoms with Crippen molar-refractivity contribution in [1.29, 1.82) is 0 Å². The van der Waals surface area contributed by atoms with Crippen LogP contribution >= 0.6 is 0 Å². The molecular formula is C24H25F3N4O3. The van der Waals surface area contributed by atoms with E-state index in [1.165, 1.54) is 17.4 Å². The minimum atomic E-state index is -4.47. The Hall–Kier alpha value is -3.56. The van der Waals surface area contributed by atoms with Gasteiger partial charge in [0.1, 0.15) is 17.5 Å². The first-order valence-corrected chi connectivity index (χ1v) is 10.9. The summed E-state index contributed by atoms with van der Waals surface area (Å²) in [6, 6.07) is 5.91. The second-order valence-corrected chi connectivity index (χ2v) is 8.77. The van der Waals surface area contributed by atoms with E-state index in [9.17, 15) is 27.9 Å². The van der Waals surface area contributed by atoms with Crippen molar-refractivity contribution in [1.82, 2.24) is 9.38 Å². The van der Waals surface area contributed by atoms with Gasteiger partial charge in [-0.1, -0.05) is 12.1 Å². The largest absolute Gasteiger partial charge is 0.478 e. The van der Waals surface area contributed by atoms with Crippen LogP contribution in [0.25, 0.3) is 5.65 Å². The van der Waals surface area contributed by atoms with Crippen LogP contribution in [0.3, 0.4) is 0 Å². The molecule has 1 aliphatic carbocycles. The van der Waals surface area contributed by atoms with E-state index in [0.717, 1.165) is 5.56 Å². The van der Waals surface area contributed by atoms with E-state index in [1.54, 1.807) is 44.3 Å². The van der Waals surface area contributed by atoms with Crippen LogP contribution in [0.2, 0.25) is 0 Å². The molecule has 2 heterocycles. The van der Waals surface area contributed by atoms with Crippen molar-refractivity contribution >= 4 is 23.1 Å². The summed E-state index contributed by atoms with van der Waals surface area (Å²) in [7, 11) is 0. The summed E-state index contributed by atoms with van der Waals surface area (Å²) in [5.74, 6) is -1.73. The smallest absolute Gasteiger partial charge is 0.408 e. The number of anilines is 2. The molecule has 1 saturated carbocycles. The van der Waals surface area contributed by atoms with Gasteiger partial charge in [-0.2, -0.15) is 13.2 Å². The van der Waals surface area contributed by atoms with Crippen LogP contribution in [0, 0.1) is 19.8 Å². The highest BCUT2D eigenvalue weighted by atomic mass is 19.4.